The van der Waals surface area contributed by atoms with Crippen molar-refractivity contribution >= 4 is 30.6 Å². The minimum absolute atomic E-state index is 0.0804. The van der Waals surface area contributed by atoms with Crippen molar-refractivity contribution in [2.75, 3.05) is 19.6 Å². The highest BCUT2D eigenvalue weighted by Crippen LogP contribution is 2.25. The van der Waals surface area contributed by atoms with Crippen molar-refractivity contribution in [3.8, 4) is 0 Å². The van der Waals surface area contributed by atoms with E-state index in [1.807, 2.05) is 74.5 Å². The number of nitrogens with two attached hydrogens (primary N) is 2. The van der Waals surface area contributed by atoms with Gasteiger partial charge in [-0.2, -0.15) is 0 Å². The zero-order valence-corrected chi connectivity index (χ0v) is 27.7. The van der Waals surface area contributed by atoms with Gasteiger partial charge in [0.15, 0.2) is 5.78 Å². The minimum Gasteiger partial charge on any atom is -0.427 e. The van der Waals surface area contributed by atoms with E-state index in [1.54, 1.807) is 4.90 Å². The minimum atomic E-state index is -1.52. The molecule has 0 aromatic heterocycles. The van der Waals surface area contributed by atoms with Crippen LogP contribution >= 0.6 is 0 Å². The monoisotopic (exact) mass is 649 g/mol. The number of carbonyl (C=O) groups is 4. The first-order valence-electron chi connectivity index (χ1n) is 16.8. The van der Waals surface area contributed by atoms with Crippen LogP contribution in [0.5, 0.6) is 0 Å². The maximum absolute atomic E-state index is 13.9. The van der Waals surface area contributed by atoms with Crippen LogP contribution in [-0.4, -0.2) is 83.3 Å². The summed E-state index contributed by atoms with van der Waals surface area (Å²) in [6.07, 6.45) is 2.97. The highest BCUT2D eigenvalue weighted by Gasteiger charge is 2.37. The van der Waals surface area contributed by atoms with E-state index in [9.17, 15) is 29.2 Å². The molecule has 2 aromatic rings. The van der Waals surface area contributed by atoms with Crippen molar-refractivity contribution in [1.82, 2.24) is 15.5 Å². The molecule has 0 bridgehead atoms. The van der Waals surface area contributed by atoms with Crippen molar-refractivity contribution in [3.63, 3.8) is 0 Å². The number of unbranched alkanes of at least 4 members (excludes halogenated alkanes) is 1. The molecule has 2 aromatic carbocycles. The summed E-state index contributed by atoms with van der Waals surface area (Å²) in [4.78, 5) is 56.1. The summed E-state index contributed by atoms with van der Waals surface area (Å²) in [5.41, 5.74) is 13.7. The average Bonchev–Trinajstić information content (AvgIpc) is 3.55. The summed E-state index contributed by atoms with van der Waals surface area (Å²) in [5, 5.41) is 25.0. The molecule has 0 aliphatic carbocycles. The largest absolute Gasteiger partial charge is 0.456 e. The van der Waals surface area contributed by atoms with E-state index >= 15 is 0 Å². The van der Waals surface area contributed by atoms with Crippen LogP contribution in [0.15, 0.2) is 60.7 Å². The number of nitrogens with zero attached hydrogens (tertiary/aromatic N) is 1. The molecule has 1 heterocycles. The highest BCUT2D eigenvalue weighted by atomic mass is 16.4. The standard InChI is InChI=1S/C35H52BN5O6/c1-24(2)19-27(33(43)39-30(15-9-10-17-37)35(45)41-18-16-28(23-41)36(46)47)22-32(42)31(21-26-13-7-4-8-14-26)40-34(44)29(38)20-25-11-5-3-6-12-25/h3-8,11-14,24,27-31,46-47H,9-10,15-23,37-38H2,1-2H3,(H,39,43)(H,40,44)/t27-,28?,29+,30+,31+/m0/s1. The number of benzene rings is 2. The van der Waals surface area contributed by atoms with Crippen LogP contribution < -0.4 is 22.1 Å². The van der Waals surface area contributed by atoms with Crippen molar-refractivity contribution in [2.45, 2.75) is 89.2 Å². The third-order valence-electron chi connectivity index (χ3n) is 8.72. The van der Waals surface area contributed by atoms with Crippen LogP contribution in [0.4, 0.5) is 0 Å². The van der Waals surface area contributed by atoms with Gasteiger partial charge in [-0.3, -0.25) is 19.2 Å². The zero-order valence-electron chi connectivity index (χ0n) is 27.7. The van der Waals surface area contributed by atoms with Gasteiger partial charge in [-0.1, -0.05) is 74.5 Å². The van der Waals surface area contributed by atoms with E-state index in [-0.39, 0.29) is 37.0 Å². The molecule has 3 amide bonds. The van der Waals surface area contributed by atoms with Crippen molar-refractivity contribution in [2.24, 2.45) is 23.3 Å². The summed E-state index contributed by atoms with van der Waals surface area (Å²) >= 11 is 0. The Labute approximate surface area is 279 Å². The lowest BCUT2D eigenvalue weighted by atomic mass is 9.72. The first-order chi connectivity index (χ1) is 22.5. The van der Waals surface area contributed by atoms with Gasteiger partial charge >= 0.3 is 7.12 Å². The molecule has 0 radical (unpaired) electrons. The van der Waals surface area contributed by atoms with E-state index in [4.69, 9.17) is 11.5 Å². The second-order valence-corrected chi connectivity index (χ2v) is 13.1. The number of hydrogen-bond donors (Lipinski definition) is 6. The van der Waals surface area contributed by atoms with Gasteiger partial charge in [0.2, 0.25) is 17.7 Å². The topological polar surface area (TPSA) is 188 Å². The average molecular weight is 650 g/mol. The number of likely N-dealkylation sites (tertiary alicyclic amines) is 1. The molecule has 1 unspecified atom stereocenters. The fraction of sp³-hybridized carbons (Fsp3) is 0.543. The quantitative estimate of drug-likeness (QED) is 0.0978. The number of amides is 3. The number of ketones is 1. The number of Topliss-reactive ketones (excluding diaryl/α,β-unsaturated/α-hetero) is 1. The maximum atomic E-state index is 13.9. The first-order valence-corrected chi connectivity index (χ1v) is 16.8. The predicted octanol–water partition coefficient (Wildman–Crippen LogP) is 1.59. The molecule has 1 saturated heterocycles. The predicted molar refractivity (Wildman–Crippen MR) is 183 cm³/mol. The summed E-state index contributed by atoms with van der Waals surface area (Å²) in [7, 11) is -1.52. The molecule has 256 valence electrons. The van der Waals surface area contributed by atoms with E-state index in [0.717, 1.165) is 11.1 Å². The third kappa shape index (κ3) is 12.5. The van der Waals surface area contributed by atoms with E-state index in [2.05, 4.69) is 10.6 Å². The summed E-state index contributed by atoms with van der Waals surface area (Å²) in [6.45, 7) is 4.94. The Hall–Kier alpha value is -3.58. The van der Waals surface area contributed by atoms with Gasteiger partial charge in [0, 0.05) is 31.2 Å². The Balaban J connectivity index is 1.76. The molecule has 47 heavy (non-hydrogen) atoms. The number of hydrogen-bond acceptors (Lipinski definition) is 8. The van der Waals surface area contributed by atoms with Crippen LogP contribution in [0, 0.1) is 11.8 Å². The van der Waals surface area contributed by atoms with E-state index in [1.165, 1.54) is 0 Å². The van der Waals surface area contributed by atoms with Gasteiger partial charge in [-0.05, 0) is 68.5 Å². The van der Waals surface area contributed by atoms with Crippen LogP contribution in [0.25, 0.3) is 0 Å². The van der Waals surface area contributed by atoms with Crippen LogP contribution in [0.1, 0.15) is 63.5 Å². The summed E-state index contributed by atoms with van der Waals surface area (Å²) in [5.74, 6) is -2.52. The Bertz CT molecular complexity index is 1280. The maximum Gasteiger partial charge on any atom is 0.456 e. The van der Waals surface area contributed by atoms with Crippen molar-refractivity contribution in [1.29, 1.82) is 0 Å². The molecule has 5 atom stereocenters. The fourth-order valence-electron chi connectivity index (χ4n) is 6.06. The normalized spacial score (nSPS) is 17.1. The third-order valence-corrected chi connectivity index (χ3v) is 8.72. The van der Waals surface area contributed by atoms with Crippen LogP contribution in [-0.2, 0) is 32.0 Å². The molecular weight excluding hydrogens is 597 g/mol. The Morgan fingerprint density at radius 3 is 2.04 bits per heavy atom. The molecule has 3 rings (SSSR count). The lowest BCUT2D eigenvalue weighted by molar-refractivity contribution is -0.138. The molecule has 11 nitrogen and oxygen atoms in total. The lowest BCUT2D eigenvalue weighted by Gasteiger charge is -2.28. The van der Waals surface area contributed by atoms with Crippen molar-refractivity contribution < 1.29 is 29.2 Å². The Kier molecular flexibility index (Phi) is 15.6. The van der Waals surface area contributed by atoms with Gasteiger partial charge < -0.3 is 37.0 Å². The fourth-order valence-corrected chi connectivity index (χ4v) is 6.06. The zero-order chi connectivity index (χ0) is 34.3. The molecule has 12 heteroatoms. The van der Waals surface area contributed by atoms with E-state index < -0.39 is 48.8 Å². The molecule has 1 aliphatic rings. The second-order valence-electron chi connectivity index (χ2n) is 13.1. The summed E-state index contributed by atoms with van der Waals surface area (Å²) in [6, 6.07) is 16.2. The smallest absolute Gasteiger partial charge is 0.427 e. The molecule has 1 aliphatic heterocycles. The molecule has 8 N–H and O–H groups in total. The Morgan fingerprint density at radius 2 is 1.49 bits per heavy atom. The lowest BCUT2D eigenvalue weighted by Crippen LogP contribution is -2.52. The number of carbonyl (C=O) groups excluding carboxylic acids is 4. The van der Waals surface area contributed by atoms with Gasteiger partial charge in [-0.15, -0.1) is 0 Å². The van der Waals surface area contributed by atoms with Crippen LogP contribution in [0.2, 0.25) is 5.82 Å². The molecule has 1 fully saturated rings. The molecule has 0 saturated carbocycles. The van der Waals surface area contributed by atoms with Crippen molar-refractivity contribution in [3.05, 3.63) is 71.8 Å². The SMILES string of the molecule is CC(C)C[C@@H](CC(=O)[C@@H](Cc1ccccc1)NC(=O)[C@H](N)Cc1ccccc1)C(=O)N[C@H](CCCCN)C(=O)N1CCC(B(O)O)C1. The van der Waals surface area contributed by atoms with E-state index in [0.29, 0.717) is 51.6 Å². The molecular formula is C35H52BN5O6. The number of rotatable bonds is 19. The number of nitrogens with one attached hydrogen (secondary N) is 2. The van der Waals surface area contributed by atoms with Gasteiger partial charge in [0.1, 0.15) is 6.04 Å². The molecule has 0 spiro atoms. The second kappa shape index (κ2) is 19.3. The van der Waals surface area contributed by atoms with Gasteiger partial charge in [0.25, 0.3) is 0 Å². The Morgan fingerprint density at radius 1 is 0.894 bits per heavy atom. The summed E-state index contributed by atoms with van der Waals surface area (Å²) < 4.78 is 0. The highest BCUT2D eigenvalue weighted by molar-refractivity contribution is 6.43. The first kappa shape index (κ1) is 37.9. The van der Waals surface area contributed by atoms with Crippen LogP contribution in [0.3, 0.4) is 0 Å². The van der Waals surface area contributed by atoms with Gasteiger partial charge in [-0.25, -0.2) is 0 Å². The van der Waals surface area contributed by atoms with Gasteiger partial charge in [0.05, 0.1) is 12.1 Å².